The van der Waals surface area contributed by atoms with Gasteiger partial charge < -0.3 is 0 Å². The van der Waals surface area contributed by atoms with Gasteiger partial charge in [-0.15, -0.1) is 34.0 Å². The van der Waals surface area contributed by atoms with Crippen molar-refractivity contribution in [2.24, 2.45) is 11.8 Å². The molecule has 3 aromatic heterocycles. The number of hydrogen-bond donors (Lipinski definition) is 0. The lowest BCUT2D eigenvalue weighted by Crippen LogP contribution is -2.05. The van der Waals surface area contributed by atoms with Crippen molar-refractivity contribution in [2.45, 2.75) is 54.4 Å². The highest BCUT2D eigenvalue weighted by Gasteiger charge is 2.24. The lowest BCUT2D eigenvalue weighted by Gasteiger charge is -2.22. The molecular weight excluding hydrogens is 408 g/mol. The van der Waals surface area contributed by atoms with Crippen LogP contribution in [0.4, 0.5) is 0 Å². The van der Waals surface area contributed by atoms with Crippen LogP contribution in [0.5, 0.6) is 0 Å². The van der Waals surface area contributed by atoms with Crippen molar-refractivity contribution in [3.05, 3.63) is 56.3 Å². The van der Waals surface area contributed by atoms with Crippen molar-refractivity contribution in [1.82, 2.24) is 0 Å². The zero-order valence-corrected chi connectivity index (χ0v) is 20.6. The molecule has 5 rings (SSSR count). The fraction of sp³-hybridized carbons (Fsp3) is 0.385. The molecule has 0 fully saturated rings. The Bertz CT molecular complexity index is 1160. The second-order valence-electron chi connectivity index (χ2n) is 9.10. The molecule has 150 valence electrons. The van der Waals surface area contributed by atoms with E-state index in [1.807, 2.05) is 34.0 Å². The maximum absolute atomic E-state index is 2.46. The summed E-state index contributed by atoms with van der Waals surface area (Å²) in [5.74, 6) is 1.24. The zero-order valence-electron chi connectivity index (χ0n) is 18.1. The molecule has 0 nitrogen and oxygen atoms in total. The summed E-state index contributed by atoms with van der Waals surface area (Å²) in [5.41, 5.74) is 9.06. The van der Waals surface area contributed by atoms with Crippen LogP contribution >= 0.6 is 34.0 Å². The van der Waals surface area contributed by atoms with Crippen molar-refractivity contribution in [2.75, 3.05) is 0 Å². The summed E-state index contributed by atoms with van der Waals surface area (Å²) in [6.45, 7) is 13.9. The van der Waals surface area contributed by atoms with Crippen molar-refractivity contribution < 1.29 is 0 Å². The van der Waals surface area contributed by atoms with E-state index in [4.69, 9.17) is 0 Å². The molecule has 3 heteroatoms. The molecule has 0 radical (unpaired) electrons. The molecular formula is C26H28S3. The summed E-state index contributed by atoms with van der Waals surface area (Å²) in [7, 11) is 0. The van der Waals surface area contributed by atoms with Gasteiger partial charge >= 0.3 is 0 Å². The van der Waals surface area contributed by atoms with Gasteiger partial charge in [-0.05, 0) is 86.8 Å². The number of thiophene rings is 3. The van der Waals surface area contributed by atoms with Crippen molar-refractivity contribution >= 4 is 64.0 Å². The van der Waals surface area contributed by atoms with Crippen LogP contribution in [-0.4, -0.2) is 0 Å². The fourth-order valence-electron chi connectivity index (χ4n) is 5.43. The predicted molar refractivity (Wildman–Crippen MR) is 135 cm³/mol. The average Bonchev–Trinajstić information content (AvgIpc) is 3.24. The molecule has 2 unspecified atom stereocenters. The molecule has 0 amide bonds. The van der Waals surface area contributed by atoms with E-state index in [0.29, 0.717) is 11.8 Å². The molecule has 0 saturated heterocycles. The quantitative estimate of drug-likeness (QED) is 0.375. The Morgan fingerprint density at radius 2 is 1.07 bits per heavy atom. The minimum atomic E-state index is 0.619. The maximum atomic E-state index is 2.46. The molecule has 0 spiro atoms. The molecule has 2 atom stereocenters. The van der Waals surface area contributed by atoms with Gasteiger partial charge in [0.1, 0.15) is 0 Å². The highest BCUT2D eigenvalue weighted by Crippen LogP contribution is 2.50. The Hall–Kier alpha value is -1.42. The number of fused-ring (bicyclic) bond motifs is 3. The van der Waals surface area contributed by atoms with Gasteiger partial charge in [0.2, 0.25) is 0 Å². The number of allylic oxidation sites excluding steroid dienone is 8. The molecule has 29 heavy (non-hydrogen) atoms. The van der Waals surface area contributed by atoms with Crippen molar-refractivity contribution in [3.63, 3.8) is 0 Å². The highest BCUT2D eigenvalue weighted by atomic mass is 32.1. The van der Waals surface area contributed by atoms with Gasteiger partial charge in [-0.25, -0.2) is 0 Å². The number of rotatable bonds is 2. The van der Waals surface area contributed by atoms with E-state index in [1.165, 1.54) is 63.7 Å². The van der Waals surface area contributed by atoms with Crippen LogP contribution in [-0.2, 0) is 0 Å². The third-order valence-electron chi connectivity index (χ3n) is 6.37. The van der Waals surface area contributed by atoms with Crippen LogP contribution in [0.15, 0.2) is 46.6 Å². The average molecular weight is 437 g/mol. The number of hydrogen-bond acceptors (Lipinski definition) is 3. The SMILES string of the molecule is CC1=CC(C)=C(c2cc3sc4cc(C5=C(C)C=C(C)CC5C)sc4c3s2)C(C)C1. The first-order valence-electron chi connectivity index (χ1n) is 10.5. The minimum absolute atomic E-state index is 0.619. The molecule has 0 N–H and O–H groups in total. The largest absolute Gasteiger partial charge is 0.133 e. The second kappa shape index (κ2) is 7.08. The van der Waals surface area contributed by atoms with Gasteiger partial charge in [0, 0.05) is 19.2 Å². The van der Waals surface area contributed by atoms with Gasteiger partial charge in [0.25, 0.3) is 0 Å². The van der Waals surface area contributed by atoms with Crippen molar-refractivity contribution in [1.29, 1.82) is 0 Å². The van der Waals surface area contributed by atoms with E-state index in [-0.39, 0.29) is 0 Å². The first-order valence-corrected chi connectivity index (χ1v) is 13.0. The Balaban J connectivity index is 1.62. The topological polar surface area (TPSA) is 0 Å². The summed E-state index contributed by atoms with van der Waals surface area (Å²) in [6.07, 6.45) is 7.15. The summed E-state index contributed by atoms with van der Waals surface area (Å²) >= 11 is 6.01. The van der Waals surface area contributed by atoms with E-state index < -0.39 is 0 Å². The standard InChI is InChI=1S/C26H28S3/c1-13-7-15(3)23(16(4)8-13)19-11-21-25(28-19)26-22(27-21)12-20(29-26)24-17(5)9-14(2)10-18(24)6/h7,9,11-12,16,18H,8,10H2,1-6H3. The molecule has 0 aliphatic heterocycles. The lowest BCUT2D eigenvalue weighted by atomic mass is 9.84. The van der Waals surface area contributed by atoms with E-state index in [0.717, 1.165) is 0 Å². The highest BCUT2D eigenvalue weighted by molar-refractivity contribution is 7.39. The third kappa shape index (κ3) is 3.22. The Kier molecular flexibility index (Phi) is 4.77. The molecule has 3 heterocycles. The Labute approximate surface area is 186 Å². The van der Waals surface area contributed by atoms with Crippen molar-refractivity contribution in [3.8, 4) is 0 Å². The summed E-state index contributed by atoms with van der Waals surface area (Å²) < 4.78 is 5.94. The van der Waals surface area contributed by atoms with Gasteiger partial charge in [-0.3, -0.25) is 0 Å². The van der Waals surface area contributed by atoms with Crippen LogP contribution in [0.25, 0.3) is 29.9 Å². The van der Waals surface area contributed by atoms with Crippen LogP contribution in [0.1, 0.15) is 64.1 Å². The molecule has 3 aromatic rings. The molecule has 0 aromatic carbocycles. The van der Waals surface area contributed by atoms with Gasteiger partial charge in [0.05, 0.1) is 9.40 Å². The third-order valence-corrected chi connectivity index (χ3v) is 10.2. The Morgan fingerprint density at radius 1 is 0.655 bits per heavy atom. The first-order chi connectivity index (χ1) is 13.8. The van der Waals surface area contributed by atoms with E-state index in [1.54, 1.807) is 11.1 Å². The van der Waals surface area contributed by atoms with Gasteiger partial charge in [-0.2, -0.15) is 0 Å². The van der Waals surface area contributed by atoms with Crippen LogP contribution in [0, 0.1) is 11.8 Å². The van der Waals surface area contributed by atoms with E-state index in [9.17, 15) is 0 Å². The van der Waals surface area contributed by atoms with Crippen LogP contribution < -0.4 is 0 Å². The zero-order chi connectivity index (χ0) is 20.4. The molecule has 2 aliphatic carbocycles. The molecule has 0 saturated carbocycles. The monoisotopic (exact) mass is 436 g/mol. The van der Waals surface area contributed by atoms with Gasteiger partial charge in [-0.1, -0.05) is 37.1 Å². The Morgan fingerprint density at radius 3 is 1.45 bits per heavy atom. The van der Waals surface area contributed by atoms with Crippen LogP contribution in [0.2, 0.25) is 0 Å². The van der Waals surface area contributed by atoms with E-state index in [2.05, 4.69) is 65.8 Å². The maximum Gasteiger partial charge on any atom is 0.0636 e. The summed E-state index contributed by atoms with van der Waals surface area (Å²) in [4.78, 5) is 2.97. The molecule has 2 aliphatic rings. The predicted octanol–water partition coefficient (Wildman–Crippen LogP) is 9.70. The second-order valence-corrected chi connectivity index (χ2v) is 12.3. The summed E-state index contributed by atoms with van der Waals surface area (Å²) in [6, 6.07) is 4.92. The van der Waals surface area contributed by atoms with Crippen LogP contribution in [0.3, 0.4) is 0 Å². The fourth-order valence-corrected chi connectivity index (χ4v) is 9.91. The lowest BCUT2D eigenvalue weighted by molar-refractivity contribution is 0.723. The van der Waals surface area contributed by atoms with E-state index >= 15 is 0 Å². The minimum Gasteiger partial charge on any atom is -0.133 e. The molecule has 0 bridgehead atoms. The van der Waals surface area contributed by atoms with Gasteiger partial charge in [0.15, 0.2) is 0 Å². The first kappa shape index (κ1) is 19.5. The summed E-state index contributed by atoms with van der Waals surface area (Å²) in [5, 5.41) is 0. The normalized spacial score (nSPS) is 23.4. The smallest absolute Gasteiger partial charge is 0.0636 e.